The number of ether oxygens (including phenoxy) is 3. The minimum Gasteiger partial charge on any atom is -0.493 e. The van der Waals surface area contributed by atoms with Crippen LogP contribution in [-0.4, -0.2) is 25.6 Å². The first-order valence-corrected chi connectivity index (χ1v) is 11.1. The van der Waals surface area contributed by atoms with Crippen LogP contribution in [0.2, 0.25) is 0 Å². The van der Waals surface area contributed by atoms with Gasteiger partial charge in [-0.2, -0.15) is 0 Å². The number of amides is 1. The molecule has 34 heavy (non-hydrogen) atoms. The fourth-order valence-corrected chi connectivity index (χ4v) is 3.01. The molecule has 0 aliphatic rings. The van der Waals surface area contributed by atoms with Crippen molar-refractivity contribution in [2.24, 2.45) is 5.92 Å². The Hall–Kier alpha value is -4.06. The zero-order valence-corrected chi connectivity index (χ0v) is 19.6. The maximum absolute atomic E-state index is 12.3. The van der Waals surface area contributed by atoms with E-state index >= 15 is 0 Å². The van der Waals surface area contributed by atoms with Crippen molar-refractivity contribution in [3.05, 3.63) is 95.6 Å². The van der Waals surface area contributed by atoms with Gasteiger partial charge in [0, 0.05) is 11.8 Å². The summed E-state index contributed by atoms with van der Waals surface area (Å²) in [4.78, 5) is 24.3. The highest BCUT2D eigenvalue weighted by molar-refractivity contribution is 6.02. The lowest BCUT2D eigenvalue weighted by atomic mass is 10.1. The number of hydrogen-bond donors (Lipinski definition) is 1. The quantitative estimate of drug-likeness (QED) is 0.309. The number of esters is 1. The average molecular weight is 460 g/mol. The molecule has 6 nitrogen and oxygen atoms in total. The summed E-state index contributed by atoms with van der Waals surface area (Å²) in [5, 5.41) is 2.77. The monoisotopic (exact) mass is 459 g/mol. The number of nitrogens with one attached hydrogen (secondary N) is 1. The minimum atomic E-state index is -0.378. The number of anilines is 1. The number of carbonyl (C=O) groups is 2. The molecule has 0 saturated carbocycles. The molecule has 0 aliphatic carbocycles. The molecule has 0 aliphatic heterocycles. The van der Waals surface area contributed by atoms with Gasteiger partial charge < -0.3 is 19.5 Å². The first-order valence-electron chi connectivity index (χ1n) is 11.1. The zero-order chi connectivity index (χ0) is 24.3. The number of rotatable bonds is 10. The second-order valence-corrected chi connectivity index (χ2v) is 8.08. The van der Waals surface area contributed by atoms with Gasteiger partial charge in [-0.15, -0.1) is 0 Å². The first-order chi connectivity index (χ1) is 16.4. The van der Waals surface area contributed by atoms with E-state index in [9.17, 15) is 9.59 Å². The number of benzene rings is 3. The van der Waals surface area contributed by atoms with Gasteiger partial charge >= 0.3 is 5.97 Å². The molecular formula is C28H29NO5. The van der Waals surface area contributed by atoms with Crippen molar-refractivity contribution in [2.45, 2.75) is 20.5 Å². The topological polar surface area (TPSA) is 73.9 Å². The van der Waals surface area contributed by atoms with E-state index in [4.69, 9.17) is 14.2 Å². The van der Waals surface area contributed by atoms with Crippen molar-refractivity contribution >= 4 is 23.6 Å². The van der Waals surface area contributed by atoms with Crippen LogP contribution in [0.4, 0.5) is 5.69 Å². The van der Waals surface area contributed by atoms with E-state index in [0.29, 0.717) is 36.0 Å². The summed E-state index contributed by atoms with van der Waals surface area (Å²) in [5.74, 6) is 0.806. The highest BCUT2D eigenvalue weighted by atomic mass is 16.5. The smallest absolute Gasteiger partial charge is 0.338 e. The molecular weight excluding hydrogens is 430 g/mol. The molecule has 0 saturated heterocycles. The highest BCUT2D eigenvalue weighted by Crippen LogP contribution is 2.29. The van der Waals surface area contributed by atoms with Crippen LogP contribution in [0.3, 0.4) is 0 Å². The summed E-state index contributed by atoms with van der Waals surface area (Å²) in [5.41, 5.74) is 2.88. The van der Waals surface area contributed by atoms with Crippen LogP contribution < -0.4 is 14.8 Å². The maximum atomic E-state index is 12.3. The lowest BCUT2D eigenvalue weighted by Crippen LogP contribution is -2.11. The van der Waals surface area contributed by atoms with Gasteiger partial charge in [-0.25, -0.2) is 4.79 Å². The van der Waals surface area contributed by atoms with Gasteiger partial charge in [0.05, 0.1) is 19.3 Å². The van der Waals surface area contributed by atoms with Crippen LogP contribution in [0.15, 0.2) is 78.9 Å². The normalized spacial score (nSPS) is 10.8. The Balaban J connectivity index is 1.56. The van der Waals surface area contributed by atoms with Gasteiger partial charge in [0.25, 0.3) is 0 Å². The van der Waals surface area contributed by atoms with E-state index in [1.807, 2.05) is 62.4 Å². The Labute approximate surface area is 200 Å². The summed E-state index contributed by atoms with van der Waals surface area (Å²) in [6.45, 7) is 4.75. The maximum Gasteiger partial charge on any atom is 0.338 e. The van der Waals surface area contributed by atoms with Crippen LogP contribution in [0.1, 0.15) is 35.3 Å². The number of hydrogen-bond acceptors (Lipinski definition) is 5. The Bertz CT molecular complexity index is 1120. The molecule has 0 spiro atoms. The van der Waals surface area contributed by atoms with Crippen molar-refractivity contribution in [3.8, 4) is 11.5 Å². The van der Waals surface area contributed by atoms with E-state index in [1.54, 1.807) is 37.5 Å². The molecule has 0 bridgehead atoms. The molecule has 0 radical (unpaired) electrons. The van der Waals surface area contributed by atoms with E-state index in [-0.39, 0.29) is 17.8 Å². The van der Waals surface area contributed by atoms with E-state index in [1.165, 1.54) is 6.08 Å². The van der Waals surface area contributed by atoms with Crippen LogP contribution >= 0.6 is 0 Å². The van der Waals surface area contributed by atoms with Gasteiger partial charge in [0.1, 0.15) is 6.61 Å². The molecule has 1 amide bonds. The summed E-state index contributed by atoms with van der Waals surface area (Å²) in [7, 11) is 1.58. The van der Waals surface area contributed by atoms with Crippen molar-refractivity contribution in [1.82, 2.24) is 0 Å². The van der Waals surface area contributed by atoms with Crippen LogP contribution in [0, 0.1) is 5.92 Å². The van der Waals surface area contributed by atoms with E-state index in [0.717, 1.165) is 11.1 Å². The fraction of sp³-hybridized carbons (Fsp3) is 0.214. The number of methoxy groups -OCH3 is 1. The predicted octanol–water partition coefficient (Wildman–Crippen LogP) is 5.74. The van der Waals surface area contributed by atoms with Crippen LogP contribution in [-0.2, 0) is 16.1 Å². The van der Waals surface area contributed by atoms with Crippen molar-refractivity contribution < 1.29 is 23.8 Å². The Morgan fingerprint density at radius 2 is 1.68 bits per heavy atom. The third-order valence-electron chi connectivity index (χ3n) is 4.79. The third-order valence-corrected chi connectivity index (χ3v) is 4.79. The molecule has 0 fully saturated rings. The summed E-state index contributed by atoms with van der Waals surface area (Å²) >= 11 is 0. The van der Waals surface area contributed by atoms with Gasteiger partial charge in [-0.05, 0) is 59.5 Å². The van der Waals surface area contributed by atoms with Gasteiger partial charge in [0.15, 0.2) is 11.5 Å². The van der Waals surface area contributed by atoms with Crippen molar-refractivity contribution in [3.63, 3.8) is 0 Å². The van der Waals surface area contributed by atoms with Gasteiger partial charge in [0.2, 0.25) is 5.91 Å². The molecule has 1 N–H and O–H groups in total. The molecule has 3 aromatic rings. The third kappa shape index (κ3) is 7.52. The minimum absolute atomic E-state index is 0.271. The summed E-state index contributed by atoms with van der Waals surface area (Å²) in [6, 6.07) is 21.9. The average Bonchev–Trinajstić information content (AvgIpc) is 2.86. The van der Waals surface area contributed by atoms with Gasteiger partial charge in [-0.1, -0.05) is 50.2 Å². The van der Waals surface area contributed by atoms with Gasteiger partial charge in [-0.3, -0.25) is 4.79 Å². The van der Waals surface area contributed by atoms with Crippen molar-refractivity contribution in [1.29, 1.82) is 0 Å². The molecule has 0 unspecified atom stereocenters. The Morgan fingerprint density at radius 3 is 2.35 bits per heavy atom. The zero-order valence-electron chi connectivity index (χ0n) is 19.6. The Morgan fingerprint density at radius 1 is 0.941 bits per heavy atom. The standard InChI is InChI=1S/C28H29NO5/c1-20(2)18-34-28(31)23-11-13-24(14-12-23)29-27(30)16-10-21-9-15-25(26(17-21)32-3)33-19-22-7-5-4-6-8-22/h4-17,20H,18-19H2,1-3H3,(H,29,30)/b16-10+. The highest BCUT2D eigenvalue weighted by Gasteiger charge is 2.09. The number of carbonyl (C=O) groups excluding carboxylic acids is 2. The molecule has 0 atom stereocenters. The van der Waals surface area contributed by atoms with Crippen LogP contribution in [0.25, 0.3) is 6.08 Å². The van der Waals surface area contributed by atoms with E-state index in [2.05, 4.69) is 5.32 Å². The molecule has 176 valence electrons. The lowest BCUT2D eigenvalue weighted by Gasteiger charge is -2.11. The molecule has 6 heteroatoms. The molecule has 0 heterocycles. The Kier molecular flexibility index (Phi) is 8.86. The fourth-order valence-electron chi connectivity index (χ4n) is 3.01. The SMILES string of the molecule is COc1cc(/C=C/C(=O)Nc2ccc(C(=O)OCC(C)C)cc2)ccc1OCc1ccccc1. The summed E-state index contributed by atoms with van der Waals surface area (Å²) < 4.78 is 16.5. The largest absolute Gasteiger partial charge is 0.493 e. The second-order valence-electron chi connectivity index (χ2n) is 8.08. The first kappa shape index (κ1) is 24.6. The van der Waals surface area contributed by atoms with Crippen LogP contribution in [0.5, 0.6) is 11.5 Å². The predicted molar refractivity (Wildman–Crippen MR) is 133 cm³/mol. The van der Waals surface area contributed by atoms with E-state index < -0.39 is 0 Å². The lowest BCUT2D eigenvalue weighted by molar-refractivity contribution is -0.111. The molecule has 0 aromatic heterocycles. The summed E-state index contributed by atoms with van der Waals surface area (Å²) in [6.07, 6.45) is 3.13. The molecule has 3 rings (SSSR count). The molecule has 3 aromatic carbocycles. The van der Waals surface area contributed by atoms with Crippen molar-refractivity contribution in [2.75, 3.05) is 19.0 Å². The second kappa shape index (κ2) is 12.3.